The molecule has 1 aliphatic rings. The summed E-state index contributed by atoms with van der Waals surface area (Å²) in [6.45, 7) is 2.20. The second kappa shape index (κ2) is 8.15. The lowest BCUT2D eigenvalue weighted by Gasteiger charge is -2.33. The molecule has 1 fully saturated rings. The number of hydrogen-bond donors (Lipinski definition) is 0. The predicted molar refractivity (Wildman–Crippen MR) is 109 cm³/mol. The van der Waals surface area contributed by atoms with Gasteiger partial charge in [-0.3, -0.25) is 9.47 Å². The van der Waals surface area contributed by atoms with Crippen LogP contribution in [0, 0.1) is 10.6 Å². The van der Waals surface area contributed by atoms with Crippen molar-refractivity contribution in [2.24, 2.45) is 0 Å². The number of sulfonamides is 1. The van der Waals surface area contributed by atoms with Gasteiger partial charge in [-0.05, 0) is 42.5 Å². The molecule has 1 aliphatic heterocycles. The van der Waals surface area contributed by atoms with E-state index < -0.39 is 15.8 Å². The van der Waals surface area contributed by atoms with E-state index in [1.807, 2.05) is 34.9 Å². The molecule has 0 bridgehead atoms. The molecule has 1 saturated heterocycles. The number of hydrogen-bond acceptors (Lipinski definition) is 5. The van der Waals surface area contributed by atoms with E-state index in [1.54, 1.807) is 11.0 Å². The van der Waals surface area contributed by atoms with Gasteiger partial charge in [0.25, 0.3) is 0 Å². The zero-order valence-electron chi connectivity index (χ0n) is 15.6. The molecule has 3 aromatic rings. The second-order valence-corrected chi connectivity index (χ2v) is 9.04. The summed E-state index contributed by atoms with van der Waals surface area (Å²) in [5, 5.41) is 4.37. The standard InChI is InChI=1S/C19H20FN5O2S2/c20-16-5-4-8-18(13-16)29(26,27)23-11-9-22(10-12-23)15-25-19(28)24(14-21-25)17-6-2-1-3-7-17/h1-8,13-14H,9-12,15H2. The molecule has 0 radical (unpaired) electrons. The van der Waals surface area contributed by atoms with Crippen LogP contribution in [0.3, 0.4) is 0 Å². The van der Waals surface area contributed by atoms with E-state index in [9.17, 15) is 12.8 Å². The van der Waals surface area contributed by atoms with Crippen LogP contribution in [0.2, 0.25) is 0 Å². The number of piperazine rings is 1. The predicted octanol–water partition coefficient (Wildman–Crippen LogP) is 2.51. The van der Waals surface area contributed by atoms with Gasteiger partial charge in [0, 0.05) is 31.9 Å². The summed E-state index contributed by atoms with van der Waals surface area (Å²) in [7, 11) is -3.70. The SMILES string of the molecule is O=S(=O)(c1cccc(F)c1)N1CCN(Cn2ncn(-c3ccccc3)c2=S)CC1. The Morgan fingerprint density at radius 3 is 2.41 bits per heavy atom. The van der Waals surface area contributed by atoms with Crippen molar-refractivity contribution in [3.63, 3.8) is 0 Å². The molecule has 10 heteroatoms. The second-order valence-electron chi connectivity index (χ2n) is 6.74. The highest BCUT2D eigenvalue weighted by Gasteiger charge is 2.29. The van der Waals surface area contributed by atoms with E-state index in [1.165, 1.54) is 22.5 Å². The van der Waals surface area contributed by atoms with Gasteiger partial charge in [-0.25, -0.2) is 17.5 Å². The molecule has 7 nitrogen and oxygen atoms in total. The van der Waals surface area contributed by atoms with Crippen molar-refractivity contribution in [1.29, 1.82) is 0 Å². The highest BCUT2D eigenvalue weighted by atomic mass is 32.2. The molecule has 1 aromatic heterocycles. The van der Waals surface area contributed by atoms with E-state index in [0.717, 1.165) is 11.8 Å². The lowest BCUT2D eigenvalue weighted by Crippen LogP contribution is -2.48. The Labute approximate surface area is 173 Å². The molecule has 0 saturated carbocycles. The molecule has 29 heavy (non-hydrogen) atoms. The highest BCUT2D eigenvalue weighted by Crippen LogP contribution is 2.19. The molecule has 0 aliphatic carbocycles. The zero-order valence-corrected chi connectivity index (χ0v) is 17.2. The van der Waals surface area contributed by atoms with Gasteiger partial charge < -0.3 is 0 Å². The number of nitrogens with zero attached hydrogens (tertiary/aromatic N) is 5. The molecular formula is C19H20FN5O2S2. The summed E-state index contributed by atoms with van der Waals surface area (Å²) in [6, 6.07) is 14.8. The monoisotopic (exact) mass is 433 g/mol. The van der Waals surface area contributed by atoms with Crippen LogP contribution >= 0.6 is 12.2 Å². The fourth-order valence-electron chi connectivity index (χ4n) is 3.28. The third-order valence-electron chi connectivity index (χ3n) is 4.87. The molecule has 152 valence electrons. The first-order valence-electron chi connectivity index (χ1n) is 9.13. The molecule has 0 unspecified atom stereocenters. The van der Waals surface area contributed by atoms with Gasteiger partial charge in [-0.2, -0.15) is 9.40 Å². The van der Waals surface area contributed by atoms with Gasteiger partial charge >= 0.3 is 0 Å². The van der Waals surface area contributed by atoms with Gasteiger partial charge in [-0.15, -0.1) is 0 Å². The van der Waals surface area contributed by atoms with Crippen molar-refractivity contribution in [1.82, 2.24) is 23.6 Å². The summed E-state index contributed by atoms with van der Waals surface area (Å²) in [4.78, 5) is 2.07. The smallest absolute Gasteiger partial charge is 0.243 e. The minimum absolute atomic E-state index is 0.0187. The van der Waals surface area contributed by atoms with Crippen LogP contribution in [0.1, 0.15) is 0 Å². The Morgan fingerprint density at radius 1 is 1.00 bits per heavy atom. The van der Waals surface area contributed by atoms with Gasteiger partial charge in [0.05, 0.1) is 11.6 Å². The van der Waals surface area contributed by atoms with Crippen LogP contribution in [0.15, 0.2) is 65.8 Å². The van der Waals surface area contributed by atoms with Crippen LogP contribution in [-0.2, 0) is 16.7 Å². The molecule has 0 amide bonds. The third-order valence-corrected chi connectivity index (χ3v) is 7.17. The van der Waals surface area contributed by atoms with Gasteiger partial charge in [0.15, 0.2) is 0 Å². The summed E-state index contributed by atoms with van der Waals surface area (Å²) in [5.74, 6) is -0.562. The van der Waals surface area contributed by atoms with Crippen molar-refractivity contribution < 1.29 is 12.8 Å². The summed E-state index contributed by atoms with van der Waals surface area (Å²) in [6.07, 6.45) is 1.68. The van der Waals surface area contributed by atoms with Crippen LogP contribution in [0.4, 0.5) is 4.39 Å². The molecular weight excluding hydrogens is 413 g/mol. The normalized spacial score (nSPS) is 16.2. The highest BCUT2D eigenvalue weighted by molar-refractivity contribution is 7.89. The van der Waals surface area contributed by atoms with Crippen molar-refractivity contribution >= 4 is 22.2 Å². The topological polar surface area (TPSA) is 63.4 Å². The minimum Gasteiger partial charge on any atom is -0.282 e. The van der Waals surface area contributed by atoms with E-state index in [4.69, 9.17) is 12.2 Å². The maximum atomic E-state index is 13.4. The van der Waals surface area contributed by atoms with Gasteiger partial charge in [-0.1, -0.05) is 24.3 Å². The quantitative estimate of drug-likeness (QED) is 0.579. The summed E-state index contributed by atoms with van der Waals surface area (Å²) < 4.78 is 44.4. The molecule has 0 atom stereocenters. The van der Waals surface area contributed by atoms with Crippen LogP contribution < -0.4 is 0 Å². The molecule has 2 heterocycles. The molecule has 2 aromatic carbocycles. The number of aromatic nitrogens is 3. The Balaban J connectivity index is 1.42. The summed E-state index contributed by atoms with van der Waals surface area (Å²) in [5.41, 5.74) is 0.940. The van der Waals surface area contributed by atoms with Crippen molar-refractivity contribution in [2.45, 2.75) is 11.6 Å². The Hall–Kier alpha value is -2.40. The first-order chi connectivity index (χ1) is 13.9. The average Bonchev–Trinajstić information content (AvgIpc) is 3.09. The van der Waals surface area contributed by atoms with E-state index in [0.29, 0.717) is 37.6 Å². The lowest BCUT2D eigenvalue weighted by molar-refractivity contribution is 0.144. The molecule has 0 N–H and O–H groups in total. The zero-order chi connectivity index (χ0) is 20.4. The average molecular weight is 434 g/mol. The van der Waals surface area contributed by atoms with Gasteiger partial charge in [0.2, 0.25) is 14.8 Å². The summed E-state index contributed by atoms with van der Waals surface area (Å²) >= 11 is 5.53. The Kier molecular flexibility index (Phi) is 5.59. The van der Waals surface area contributed by atoms with Crippen molar-refractivity contribution in [2.75, 3.05) is 26.2 Å². The van der Waals surface area contributed by atoms with Crippen LogP contribution in [-0.4, -0.2) is 58.1 Å². The lowest BCUT2D eigenvalue weighted by atomic mass is 10.3. The third kappa shape index (κ3) is 4.15. The number of para-hydroxylation sites is 1. The molecule has 4 rings (SSSR count). The Bertz CT molecular complexity index is 1150. The minimum atomic E-state index is -3.70. The van der Waals surface area contributed by atoms with Crippen molar-refractivity contribution in [3.8, 4) is 5.69 Å². The van der Waals surface area contributed by atoms with Crippen LogP contribution in [0.5, 0.6) is 0 Å². The van der Waals surface area contributed by atoms with E-state index in [2.05, 4.69) is 10.00 Å². The number of rotatable bonds is 5. The largest absolute Gasteiger partial charge is 0.282 e. The number of halogens is 1. The first-order valence-corrected chi connectivity index (χ1v) is 11.0. The fraction of sp³-hybridized carbons (Fsp3) is 0.263. The van der Waals surface area contributed by atoms with Crippen LogP contribution in [0.25, 0.3) is 5.69 Å². The Morgan fingerprint density at radius 2 is 1.72 bits per heavy atom. The number of benzene rings is 2. The maximum absolute atomic E-state index is 13.4. The molecule has 0 spiro atoms. The van der Waals surface area contributed by atoms with Crippen molar-refractivity contribution in [3.05, 3.63) is 71.5 Å². The fourth-order valence-corrected chi connectivity index (χ4v) is 4.99. The van der Waals surface area contributed by atoms with E-state index >= 15 is 0 Å². The first kappa shape index (κ1) is 19.9. The maximum Gasteiger partial charge on any atom is 0.243 e. The van der Waals surface area contributed by atoms with E-state index in [-0.39, 0.29) is 4.90 Å². The van der Waals surface area contributed by atoms with Gasteiger partial charge in [0.1, 0.15) is 12.1 Å².